The predicted octanol–water partition coefficient (Wildman–Crippen LogP) is 6.32. The molecule has 0 aliphatic carbocycles. The van der Waals surface area contributed by atoms with Gasteiger partial charge in [0.2, 0.25) is 0 Å². The van der Waals surface area contributed by atoms with E-state index in [-0.39, 0.29) is 0 Å². The number of pyridine rings is 1. The molecular weight excluding hydrogens is 306 g/mol. The van der Waals surface area contributed by atoms with Crippen molar-refractivity contribution >= 4 is 21.9 Å². The Balaban J connectivity index is 1.64. The van der Waals surface area contributed by atoms with Crippen molar-refractivity contribution in [2.45, 2.75) is 0 Å². The zero-order chi connectivity index (χ0) is 16.6. The summed E-state index contributed by atoms with van der Waals surface area (Å²) in [6, 6.07) is 28.9. The number of aromatic nitrogens is 1. The summed E-state index contributed by atoms with van der Waals surface area (Å²) in [6.07, 6.45) is 1.86. The standard InChI is InChI=1S/C23H15NO/c1-2-6-16(7-3-1)21-14-18(12-13-24-21)17-10-11-20-19-8-4-5-9-22(19)25-23(20)15-17/h1-15H. The SMILES string of the molecule is c1ccc(-c2cc(-c3ccc4c(c3)oc3ccccc34)ccn2)cc1. The number of benzene rings is 3. The third-order valence-corrected chi connectivity index (χ3v) is 4.54. The molecule has 118 valence electrons. The van der Waals surface area contributed by atoms with Gasteiger partial charge in [-0.2, -0.15) is 0 Å². The van der Waals surface area contributed by atoms with Crippen molar-refractivity contribution in [3.05, 3.63) is 91.1 Å². The number of fused-ring (bicyclic) bond motifs is 3. The van der Waals surface area contributed by atoms with Crippen LogP contribution in [-0.2, 0) is 0 Å². The Bertz CT molecular complexity index is 1190. The highest BCUT2D eigenvalue weighted by Gasteiger charge is 2.08. The molecule has 0 bridgehead atoms. The Morgan fingerprint density at radius 1 is 0.560 bits per heavy atom. The van der Waals surface area contributed by atoms with E-state index in [4.69, 9.17) is 4.42 Å². The lowest BCUT2D eigenvalue weighted by Crippen LogP contribution is -1.85. The third-order valence-electron chi connectivity index (χ3n) is 4.54. The van der Waals surface area contributed by atoms with Crippen LogP contribution in [0.4, 0.5) is 0 Å². The summed E-state index contributed by atoms with van der Waals surface area (Å²) in [7, 11) is 0. The molecule has 3 aromatic carbocycles. The van der Waals surface area contributed by atoms with Gasteiger partial charge in [0, 0.05) is 22.5 Å². The van der Waals surface area contributed by atoms with Crippen molar-refractivity contribution in [1.82, 2.24) is 4.98 Å². The van der Waals surface area contributed by atoms with Crippen LogP contribution in [0.25, 0.3) is 44.3 Å². The van der Waals surface area contributed by atoms with Gasteiger partial charge in [-0.1, -0.05) is 54.6 Å². The second-order valence-corrected chi connectivity index (χ2v) is 6.10. The molecule has 2 aromatic heterocycles. The van der Waals surface area contributed by atoms with Crippen LogP contribution < -0.4 is 0 Å². The summed E-state index contributed by atoms with van der Waals surface area (Å²) >= 11 is 0. The molecule has 0 radical (unpaired) electrons. The van der Waals surface area contributed by atoms with E-state index in [1.54, 1.807) is 0 Å². The highest BCUT2D eigenvalue weighted by atomic mass is 16.3. The van der Waals surface area contributed by atoms with Crippen LogP contribution in [0.15, 0.2) is 95.5 Å². The fourth-order valence-corrected chi connectivity index (χ4v) is 3.28. The van der Waals surface area contributed by atoms with Gasteiger partial charge in [0.25, 0.3) is 0 Å². The van der Waals surface area contributed by atoms with E-state index in [2.05, 4.69) is 47.4 Å². The van der Waals surface area contributed by atoms with Gasteiger partial charge < -0.3 is 4.42 Å². The van der Waals surface area contributed by atoms with Crippen LogP contribution in [0.3, 0.4) is 0 Å². The van der Waals surface area contributed by atoms with Crippen LogP contribution in [0.5, 0.6) is 0 Å². The Hall–Kier alpha value is -3.39. The Kier molecular flexibility index (Phi) is 3.14. The summed E-state index contributed by atoms with van der Waals surface area (Å²) in [5.74, 6) is 0. The molecule has 5 aromatic rings. The van der Waals surface area contributed by atoms with E-state index in [1.807, 2.05) is 48.7 Å². The number of furan rings is 1. The fourth-order valence-electron chi connectivity index (χ4n) is 3.28. The molecule has 0 aliphatic heterocycles. The lowest BCUT2D eigenvalue weighted by atomic mass is 10.0. The molecule has 0 saturated heterocycles. The van der Waals surface area contributed by atoms with Gasteiger partial charge >= 0.3 is 0 Å². The lowest BCUT2D eigenvalue weighted by molar-refractivity contribution is 0.669. The van der Waals surface area contributed by atoms with Crippen molar-refractivity contribution in [3.8, 4) is 22.4 Å². The monoisotopic (exact) mass is 321 g/mol. The van der Waals surface area contributed by atoms with Crippen molar-refractivity contribution in [3.63, 3.8) is 0 Å². The highest BCUT2D eigenvalue weighted by molar-refractivity contribution is 6.05. The van der Waals surface area contributed by atoms with Gasteiger partial charge in [0.1, 0.15) is 11.2 Å². The molecule has 0 N–H and O–H groups in total. The first-order valence-corrected chi connectivity index (χ1v) is 8.32. The predicted molar refractivity (Wildman–Crippen MR) is 102 cm³/mol. The first-order chi connectivity index (χ1) is 12.4. The van der Waals surface area contributed by atoms with Gasteiger partial charge in [-0.15, -0.1) is 0 Å². The van der Waals surface area contributed by atoms with E-state index in [9.17, 15) is 0 Å². The van der Waals surface area contributed by atoms with Crippen molar-refractivity contribution in [2.75, 3.05) is 0 Å². The quantitative estimate of drug-likeness (QED) is 0.380. The molecule has 2 nitrogen and oxygen atoms in total. The molecule has 0 fully saturated rings. The molecule has 0 aliphatic rings. The largest absolute Gasteiger partial charge is 0.456 e. The minimum Gasteiger partial charge on any atom is -0.456 e. The summed E-state index contributed by atoms with van der Waals surface area (Å²) in [6.45, 7) is 0. The van der Waals surface area contributed by atoms with Gasteiger partial charge in [-0.3, -0.25) is 4.98 Å². The topological polar surface area (TPSA) is 26.0 Å². The maximum atomic E-state index is 6.01. The number of hydrogen-bond donors (Lipinski definition) is 0. The van der Waals surface area contributed by atoms with E-state index >= 15 is 0 Å². The minimum atomic E-state index is 0.914. The summed E-state index contributed by atoms with van der Waals surface area (Å²) in [5.41, 5.74) is 6.20. The van der Waals surface area contributed by atoms with Gasteiger partial charge in [-0.25, -0.2) is 0 Å². The van der Waals surface area contributed by atoms with Crippen molar-refractivity contribution in [1.29, 1.82) is 0 Å². The van der Waals surface area contributed by atoms with Crippen LogP contribution in [0.1, 0.15) is 0 Å². The minimum absolute atomic E-state index is 0.914. The molecule has 0 amide bonds. The molecule has 0 atom stereocenters. The summed E-state index contributed by atoms with van der Waals surface area (Å²) in [4.78, 5) is 4.51. The fraction of sp³-hybridized carbons (Fsp3) is 0. The van der Waals surface area contributed by atoms with E-state index in [0.717, 1.165) is 44.3 Å². The summed E-state index contributed by atoms with van der Waals surface area (Å²) < 4.78 is 6.01. The molecule has 0 saturated carbocycles. The highest BCUT2D eigenvalue weighted by Crippen LogP contribution is 2.32. The smallest absolute Gasteiger partial charge is 0.136 e. The molecule has 25 heavy (non-hydrogen) atoms. The molecular formula is C23H15NO. The molecule has 5 rings (SSSR count). The normalized spacial score (nSPS) is 11.2. The second-order valence-electron chi connectivity index (χ2n) is 6.10. The molecule has 0 unspecified atom stereocenters. The van der Waals surface area contributed by atoms with Crippen LogP contribution in [0, 0.1) is 0 Å². The van der Waals surface area contributed by atoms with Crippen molar-refractivity contribution in [2.24, 2.45) is 0 Å². The number of rotatable bonds is 2. The maximum absolute atomic E-state index is 6.01. The van der Waals surface area contributed by atoms with E-state index < -0.39 is 0 Å². The Morgan fingerprint density at radius 2 is 1.32 bits per heavy atom. The third kappa shape index (κ3) is 2.39. The molecule has 2 heterocycles. The Labute approximate surface area is 145 Å². The molecule has 2 heteroatoms. The van der Waals surface area contributed by atoms with Crippen molar-refractivity contribution < 1.29 is 4.42 Å². The Morgan fingerprint density at radius 3 is 2.24 bits per heavy atom. The van der Waals surface area contributed by atoms with E-state index in [0.29, 0.717) is 0 Å². The van der Waals surface area contributed by atoms with Crippen LogP contribution >= 0.6 is 0 Å². The molecule has 0 spiro atoms. The van der Waals surface area contributed by atoms with Gasteiger partial charge in [0.15, 0.2) is 0 Å². The summed E-state index contributed by atoms with van der Waals surface area (Å²) in [5, 5.41) is 2.31. The lowest BCUT2D eigenvalue weighted by Gasteiger charge is -2.05. The van der Waals surface area contributed by atoms with Gasteiger partial charge in [-0.05, 0) is 41.5 Å². The zero-order valence-electron chi connectivity index (χ0n) is 13.5. The number of nitrogens with zero attached hydrogens (tertiary/aromatic N) is 1. The average molecular weight is 321 g/mol. The first kappa shape index (κ1) is 14.0. The zero-order valence-corrected chi connectivity index (χ0v) is 13.5. The first-order valence-electron chi connectivity index (χ1n) is 8.32. The van der Waals surface area contributed by atoms with Crippen LogP contribution in [0.2, 0.25) is 0 Å². The van der Waals surface area contributed by atoms with Crippen LogP contribution in [-0.4, -0.2) is 4.98 Å². The number of hydrogen-bond acceptors (Lipinski definition) is 2. The van der Waals surface area contributed by atoms with Gasteiger partial charge in [0.05, 0.1) is 5.69 Å². The maximum Gasteiger partial charge on any atom is 0.136 e. The average Bonchev–Trinajstić information content (AvgIpc) is 3.06. The second kappa shape index (κ2) is 5.60. The number of para-hydroxylation sites is 1. The van der Waals surface area contributed by atoms with E-state index in [1.165, 1.54) is 0 Å².